The van der Waals surface area contributed by atoms with Crippen molar-refractivity contribution in [1.29, 1.82) is 0 Å². The Morgan fingerprint density at radius 1 is 1.09 bits per heavy atom. The molecule has 166 valence electrons. The molecule has 1 amide bonds. The van der Waals surface area contributed by atoms with Crippen molar-refractivity contribution in [2.45, 2.75) is 12.8 Å². The van der Waals surface area contributed by atoms with Crippen LogP contribution in [0.15, 0.2) is 48.8 Å². The van der Waals surface area contributed by atoms with E-state index in [1.54, 1.807) is 7.11 Å². The SMILES string of the molecule is COc1ccc(-c2cc(N3CCCC(C(=O)Nc4ccc(F)c(F)c4F)C3)ncn2)cc1. The van der Waals surface area contributed by atoms with Gasteiger partial charge in [0.25, 0.3) is 0 Å². The van der Waals surface area contributed by atoms with Gasteiger partial charge in [-0.15, -0.1) is 0 Å². The Balaban J connectivity index is 1.48. The van der Waals surface area contributed by atoms with Crippen LogP contribution < -0.4 is 15.0 Å². The number of aromatic nitrogens is 2. The summed E-state index contributed by atoms with van der Waals surface area (Å²) >= 11 is 0. The van der Waals surface area contributed by atoms with E-state index in [4.69, 9.17) is 4.74 Å². The minimum Gasteiger partial charge on any atom is -0.497 e. The number of nitrogens with zero attached hydrogens (tertiary/aromatic N) is 3. The number of carbonyl (C=O) groups excluding carboxylic acids is 1. The first-order chi connectivity index (χ1) is 15.5. The van der Waals surface area contributed by atoms with E-state index in [0.29, 0.717) is 25.3 Å². The molecular weight excluding hydrogens is 421 g/mol. The first kappa shape index (κ1) is 21.6. The van der Waals surface area contributed by atoms with E-state index in [0.717, 1.165) is 35.6 Å². The predicted molar refractivity (Wildman–Crippen MR) is 114 cm³/mol. The summed E-state index contributed by atoms with van der Waals surface area (Å²) in [6, 6.07) is 11.1. The minimum atomic E-state index is -1.61. The maximum atomic E-state index is 13.9. The zero-order chi connectivity index (χ0) is 22.7. The van der Waals surface area contributed by atoms with Gasteiger partial charge in [0.15, 0.2) is 17.5 Å². The Hall–Kier alpha value is -3.62. The van der Waals surface area contributed by atoms with Crippen molar-refractivity contribution in [3.63, 3.8) is 0 Å². The van der Waals surface area contributed by atoms with Crippen molar-refractivity contribution in [1.82, 2.24) is 9.97 Å². The van der Waals surface area contributed by atoms with E-state index in [1.165, 1.54) is 6.33 Å². The van der Waals surface area contributed by atoms with Crippen LogP contribution in [0.1, 0.15) is 12.8 Å². The average Bonchev–Trinajstić information content (AvgIpc) is 2.84. The average molecular weight is 442 g/mol. The molecule has 1 N–H and O–H groups in total. The highest BCUT2D eigenvalue weighted by molar-refractivity contribution is 5.93. The number of carbonyl (C=O) groups is 1. The van der Waals surface area contributed by atoms with Gasteiger partial charge in [0, 0.05) is 24.7 Å². The molecule has 0 bridgehead atoms. The number of ether oxygens (including phenoxy) is 1. The molecule has 1 fully saturated rings. The van der Waals surface area contributed by atoms with Gasteiger partial charge >= 0.3 is 0 Å². The zero-order valence-corrected chi connectivity index (χ0v) is 17.3. The van der Waals surface area contributed by atoms with Gasteiger partial charge in [0.1, 0.15) is 17.9 Å². The fourth-order valence-corrected chi connectivity index (χ4v) is 3.70. The van der Waals surface area contributed by atoms with Gasteiger partial charge < -0.3 is 15.0 Å². The molecule has 0 radical (unpaired) electrons. The van der Waals surface area contributed by atoms with Crippen LogP contribution in [-0.2, 0) is 4.79 Å². The summed E-state index contributed by atoms with van der Waals surface area (Å²) in [5, 5.41) is 2.38. The molecule has 1 aromatic heterocycles. The van der Waals surface area contributed by atoms with Crippen LogP contribution >= 0.6 is 0 Å². The first-order valence-electron chi connectivity index (χ1n) is 10.1. The summed E-state index contributed by atoms with van der Waals surface area (Å²) in [6.45, 7) is 1.05. The monoisotopic (exact) mass is 442 g/mol. The van der Waals surface area contributed by atoms with E-state index >= 15 is 0 Å². The van der Waals surface area contributed by atoms with Crippen LogP contribution in [0.2, 0.25) is 0 Å². The zero-order valence-electron chi connectivity index (χ0n) is 17.3. The van der Waals surface area contributed by atoms with Crippen LogP contribution in [0.4, 0.5) is 24.7 Å². The van der Waals surface area contributed by atoms with Gasteiger partial charge in [-0.3, -0.25) is 4.79 Å². The second kappa shape index (κ2) is 9.25. The molecule has 1 aliphatic heterocycles. The van der Waals surface area contributed by atoms with Crippen molar-refractivity contribution in [3.8, 4) is 17.0 Å². The number of halogens is 3. The Morgan fingerprint density at radius 2 is 1.88 bits per heavy atom. The fraction of sp³-hybridized carbons (Fsp3) is 0.261. The molecule has 0 aliphatic carbocycles. The highest BCUT2D eigenvalue weighted by atomic mass is 19.2. The third-order valence-corrected chi connectivity index (χ3v) is 5.45. The summed E-state index contributed by atoms with van der Waals surface area (Å²) in [4.78, 5) is 23.3. The van der Waals surface area contributed by atoms with Gasteiger partial charge in [-0.1, -0.05) is 0 Å². The smallest absolute Gasteiger partial charge is 0.229 e. The Labute approximate surface area is 183 Å². The summed E-state index contributed by atoms with van der Waals surface area (Å²) in [5.41, 5.74) is 1.25. The second-order valence-corrected chi connectivity index (χ2v) is 7.49. The van der Waals surface area contributed by atoms with E-state index in [2.05, 4.69) is 15.3 Å². The summed E-state index contributed by atoms with van der Waals surface area (Å²) in [6.07, 6.45) is 2.78. The highest BCUT2D eigenvalue weighted by Gasteiger charge is 2.28. The molecule has 3 aromatic rings. The van der Waals surface area contributed by atoms with E-state index in [-0.39, 0.29) is 5.69 Å². The van der Waals surface area contributed by atoms with Gasteiger partial charge in [-0.2, -0.15) is 0 Å². The van der Waals surface area contributed by atoms with Crippen molar-refractivity contribution < 1.29 is 22.7 Å². The number of anilines is 2. The van der Waals surface area contributed by atoms with Gasteiger partial charge in [-0.05, 0) is 49.2 Å². The van der Waals surface area contributed by atoms with E-state index < -0.39 is 29.3 Å². The molecule has 0 spiro atoms. The van der Waals surface area contributed by atoms with Crippen molar-refractivity contribution in [2.24, 2.45) is 5.92 Å². The standard InChI is InChI=1S/C23H21F3N4O2/c1-32-16-6-4-14(5-7-16)19-11-20(28-13-27-19)30-10-2-3-15(12-30)23(31)29-18-9-8-17(24)21(25)22(18)26/h4-9,11,13,15H,2-3,10,12H2,1H3,(H,29,31). The molecule has 32 heavy (non-hydrogen) atoms. The van der Waals surface area contributed by atoms with Gasteiger partial charge in [-0.25, -0.2) is 23.1 Å². The molecule has 0 saturated carbocycles. The van der Waals surface area contributed by atoms with E-state index in [9.17, 15) is 18.0 Å². The van der Waals surface area contributed by atoms with Crippen LogP contribution in [-0.4, -0.2) is 36.1 Å². The minimum absolute atomic E-state index is 0.357. The molecule has 2 heterocycles. The molecule has 6 nitrogen and oxygen atoms in total. The first-order valence-corrected chi connectivity index (χ1v) is 10.1. The number of benzene rings is 2. The molecule has 1 aliphatic rings. The number of methoxy groups -OCH3 is 1. The maximum Gasteiger partial charge on any atom is 0.229 e. The van der Waals surface area contributed by atoms with Crippen molar-refractivity contribution in [3.05, 3.63) is 66.2 Å². The van der Waals surface area contributed by atoms with Crippen LogP contribution in [0, 0.1) is 23.4 Å². The van der Waals surface area contributed by atoms with Crippen LogP contribution in [0.3, 0.4) is 0 Å². The van der Waals surface area contributed by atoms with Crippen LogP contribution in [0.5, 0.6) is 5.75 Å². The number of hydrogen-bond acceptors (Lipinski definition) is 5. The fourth-order valence-electron chi connectivity index (χ4n) is 3.70. The third kappa shape index (κ3) is 4.51. The molecule has 4 rings (SSSR count). The Kier molecular flexibility index (Phi) is 6.25. The lowest BCUT2D eigenvalue weighted by atomic mass is 9.97. The highest BCUT2D eigenvalue weighted by Crippen LogP contribution is 2.27. The summed E-state index contributed by atoms with van der Waals surface area (Å²) in [5.74, 6) is -3.83. The lowest BCUT2D eigenvalue weighted by Gasteiger charge is -2.33. The molecule has 1 unspecified atom stereocenters. The van der Waals surface area contributed by atoms with Gasteiger partial charge in [0.05, 0.1) is 24.4 Å². The molecule has 1 saturated heterocycles. The quantitative estimate of drug-likeness (QED) is 0.593. The van der Waals surface area contributed by atoms with E-state index in [1.807, 2.05) is 35.2 Å². The Morgan fingerprint density at radius 3 is 2.62 bits per heavy atom. The Bertz CT molecular complexity index is 1120. The molecular formula is C23H21F3N4O2. The number of piperidine rings is 1. The largest absolute Gasteiger partial charge is 0.497 e. The second-order valence-electron chi connectivity index (χ2n) is 7.49. The maximum absolute atomic E-state index is 13.9. The lowest BCUT2D eigenvalue weighted by Crippen LogP contribution is -2.41. The molecule has 9 heteroatoms. The van der Waals surface area contributed by atoms with Crippen LogP contribution in [0.25, 0.3) is 11.3 Å². The predicted octanol–water partition coefficient (Wildman–Crippen LogP) is 4.42. The number of amides is 1. The molecule has 2 aromatic carbocycles. The molecule has 1 atom stereocenters. The topological polar surface area (TPSA) is 67.3 Å². The number of hydrogen-bond donors (Lipinski definition) is 1. The normalized spacial score (nSPS) is 16.0. The summed E-state index contributed by atoms with van der Waals surface area (Å²) in [7, 11) is 1.60. The summed E-state index contributed by atoms with van der Waals surface area (Å²) < 4.78 is 45.7. The third-order valence-electron chi connectivity index (χ3n) is 5.45. The van der Waals surface area contributed by atoms with Crippen molar-refractivity contribution >= 4 is 17.4 Å². The lowest BCUT2D eigenvalue weighted by molar-refractivity contribution is -0.120. The number of rotatable bonds is 5. The van der Waals surface area contributed by atoms with Crippen molar-refractivity contribution in [2.75, 3.05) is 30.4 Å². The van der Waals surface area contributed by atoms with Gasteiger partial charge in [0.2, 0.25) is 5.91 Å². The number of nitrogens with one attached hydrogen (secondary N) is 1.